The van der Waals surface area contributed by atoms with Gasteiger partial charge in [-0.15, -0.1) is 0 Å². The minimum Gasteiger partial charge on any atom is -0.497 e. The predicted molar refractivity (Wildman–Crippen MR) is 147 cm³/mol. The van der Waals surface area contributed by atoms with Crippen LogP contribution in [0, 0.1) is 0 Å². The van der Waals surface area contributed by atoms with Crippen molar-refractivity contribution in [2.24, 2.45) is 5.10 Å². The summed E-state index contributed by atoms with van der Waals surface area (Å²) in [4.78, 5) is 29.7. The van der Waals surface area contributed by atoms with Crippen molar-refractivity contribution in [1.82, 2.24) is 9.99 Å². The van der Waals surface area contributed by atoms with Crippen LogP contribution in [0.3, 0.4) is 0 Å². The summed E-state index contributed by atoms with van der Waals surface area (Å²) >= 11 is 6.39. The molecule has 0 bridgehead atoms. The highest BCUT2D eigenvalue weighted by Gasteiger charge is 2.34. The molecule has 1 aliphatic heterocycles. The first-order chi connectivity index (χ1) is 18.0. The Morgan fingerprint density at radius 2 is 1.86 bits per heavy atom. The summed E-state index contributed by atoms with van der Waals surface area (Å²) in [7, 11) is 1.62. The Morgan fingerprint density at radius 1 is 1.11 bits per heavy atom. The van der Waals surface area contributed by atoms with E-state index >= 15 is 0 Å². The molecule has 1 amide bonds. The van der Waals surface area contributed by atoms with Gasteiger partial charge in [-0.3, -0.25) is 9.59 Å². The molecule has 1 aliphatic rings. The predicted octanol–water partition coefficient (Wildman–Crippen LogP) is 6.26. The largest absolute Gasteiger partial charge is 0.497 e. The summed E-state index contributed by atoms with van der Waals surface area (Å²) < 4.78 is 5.31. The highest BCUT2D eigenvalue weighted by molar-refractivity contribution is 6.31. The van der Waals surface area contributed by atoms with Crippen LogP contribution in [0.1, 0.15) is 54.5 Å². The van der Waals surface area contributed by atoms with Gasteiger partial charge in [0.15, 0.2) is 0 Å². The lowest BCUT2D eigenvalue weighted by Crippen LogP contribution is -2.26. The van der Waals surface area contributed by atoms with Crippen LogP contribution in [0.5, 0.6) is 5.75 Å². The molecule has 0 saturated heterocycles. The normalized spacial score (nSPS) is 15.2. The first-order valence-electron chi connectivity index (χ1n) is 12.4. The van der Waals surface area contributed by atoms with Crippen LogP contribution >= 0.6 is 11.6 Å². The standard InChI is InChI=1S/C30H28ClN3O3/c1-3-7-28(35)34-27(20-10-13-22(37-2)14-11-20)18-26(33-34)29-24(16-19-8-5-4-6-9-19)23-17-21(31)12-15-25(23)32-30(29)36/h4-6,8-15,17,27H,3,7,16,18H2,1-2H3,(H,32,36). The summed E-state index contributed by atoms with van der Waals surface area (Å²) in [6.45, 7) is 1.97. The van der Waals surface area contributed by atoms with Gasteiger partial charge in [-0.05, 0) is 59.9 Å². The summed E-state index contributed by atoms with van der Waals surface area (Å²) in [5, 5.41) is 7.79. The number of methoxy groups -OCH3 is 1. The number of pyridine rings is 1. The zero-order valence-corrected chi connectivity index (χ0v) is 21.6. The van der Waals surface area contributed by atoms with E-state index in [1.807, 2.05) is 73.7 Å². The number of nitrogens with one attached hydrogen (secondary N) is 1. The average Bonchev–Trinajstić information content (AvgIpc) is 3.35. The van der Waals surface area contributed by atoms with Gasteiger partial charge in [-0.25, -0.2) is 5.01 Å². The number of carbonyl (C=O) groups is 1. The molecule has 37 heavy (non-hydrogen) atoms. The maximum Gasteiger partial charge on any atom is 0.257 e. The van der Waals surface area contributed by atoms with Crippen molar-refractivity contribution in [2.45, 2.75) is 38.6 Å². The molecule has 0 fully saturated rings. The first-order valence-corrected chi connectivity index (χ1v) is 12.8. The Hall–Kier alpha value is -3.90. The van der Waals surface area contributed by atoms with E-state index in [9.17, 15) is 9.59 Å². The lowest BCUT2D eigenvalue weighted by Gasteiger charge is -2.22. The molecule has 1 N–H and O–H groups in total. The Bertz CT molecular complexity index is 1530. The molecular weight excluding hydrogens is 486 g/mol. The minimum absolute atomic E-state index is 0.0665. The number of amides is 1. The van der Waals surface area contributed by atoms with Gasteiger partial charge in [0.1, 0.15) is 5.75 Å². The molecule has 0 radical (unpaired) electrons. The second-order valence-electron chi connectivity index (χ2n) is 9.19. The highest BCUT2D eigenvalue weighted by atomic mass is 35.5. The summed E-state index contributed by atoms with van der Waals surface area (Å²) in [6.07, 6.45) is 2.05. The molecule has 1 atom stereocenters. The third-order valence-corrected chi connectivity index (χ3v) is 6.96. The molecule has 0 spiro atoms. The maximum atomic E-state index is 13.6. The van der Waals surface area contributed by atoms with Gasteiger partial charge < -0.3 is 9.72 Å². The molecule has 5 rings (SSSR count). The van der Waals surface area contributed by atoms with Crippen LogP contribution in [0.25, 0.3) is 10.9 Å². The van der Waals surface area contributed by atoms with Crippen molar-refractivity contribution in [1.29, 1.82) is 0 Å². The smallest absolute Gasteiger partial charge is 0.257 e. The summed E-state index contributed by atoms with van der Waals surface area (Å²) in [5.74, 6) is 0.672. The van der Waals surface area contributed by atoms with Gasteiger partial charge in [0.25, 0.3) is 5.56 Å². The zero-order chi connectivity index (χ0) is 25.9. The number of rotatable bonds is 7. The van der Waals surface area contributed by atoms with Crippen molar-refractivity contribution < 1.29 is 9.53 Å². The fourth-order valence-electron chi connectivity index (χ4n) is 4.93. The molecule has 1 unspecified atom stereocenters. The molecule has 6 nitrogen and oxygen atoms in total. The van der Waals surface area contributed by atoms with E-state index in [2.05, 4.69) is 4.98 Å². The Balaban J connectivity index is 1.66. The van der Waals surface area contributed by atoms with Crippen molar-refractivity contribution >= 4 is 34.1 Å². The van der Waals surface area contributed by atoms with Gasteiger partial charge in [-0.2, -0.15) is 5.10 Å². The number of H-pyrrole nitrogens is 1. The molecule has 7 heteroatoms. The van der Waals surface area contributed by atoms with Crippen molar-refractivity contribution in [3.8, 4) is 5.75 Å². The number of aromatic amines is 1. The van der Waals surface area contributed by atoms with Crippen molar-refractivity contribution in [2.75, 3.05) is 7.11 Å². The van der Waals surface area contributed by atoms with Gasteiger partial charge in [0.05, 0.1) is 24.4 Å². The number of halogens is 1. The number of hydrogen-bond acceptors (Lipinski definition) is 4. The van der Waals surface area contributed by atoms with E-state index in [0.717, 1.165) is 27.8 Å². The fourth-order valence-corrected chi connectivity index (χ4v) is 5.10. The van der Waals surface area contributed by atoms with Crippen LogP contribution in [0.4, 0.5) is 0 Å². The minimum atomic E-state index is -0.306. The van der Waals surface area contributed by atoms with Crippen LogP contribution in [0.2, 0.25) is 5.02 Å². The lowest BCUT2D eigenvalue weighted by molar-refractivity contribution is -0.133. The molecule has 0 saturated carbocycles. The van der Waals surface area contributed by atoms with Crippen molar-refractivity contribution in [3.05, 3.63) is 110 Å². The second kappa shape index (κ2) is 10.6. The zero-order valence-electron chi connectivity index (χ0n) is 20.8. The van der Waals surface area contributed by atoms with Gasteiger partial charge in [-0.1, -0.05) is 61.0 Å². The number of fused-ring (bicyclic) bond motifs is 1. The monoisotopic (exact) mass is 513 g/mol. The topological polar surface area (TPSA) is 74.8 Å². The first kappa shape index (κ1) is 24.8. The second-order valence-corrected chi connectivity index (χ2v) is 9.62. The van der Waals surface area contributed by atoms with Crippen LogP contribution in [-0.4, -0.2) is 28.7 Å². The average molecular weight is 514 g/mol. The molecule has 0 aliphatic carbocycles. The van der Waals surface area contributed by atoms with Gasteiger partial charge >= 0.3 is 0 Å². The lowest BCUT2D eigenvalue weighted by atomic mass is 9.91. The van der Waals surface area contributed by atoms with E-state index in [1.165, 1.54) is 0 Å². The van der Waals surface area contributed by atoms with Crippen LogP contribution in [0.15, 0.2) is 82.7 Å². The van der Waals surface area contributed by atoms with E-state index in [1.54, 1.807) is 18.2 Å². The number of hydrazone groups is 1. The number of aromatic nitrogens is 1. The summed E-state index contributed by atoms with van der Waals surface area (Å²) in [5.41, 5.74) is 4.45. The Morgan fingerprint density at radius 3 is 2.57 bits per heavy atom. The number of benzene rings is 3. The molecule has 4 aromatic rings. The highest BCUT2D eigenvalue weighted by Crippen LogP contribution is 2.35. The quantitative estimate of drug-likeness (QED) is 0.317. The van der Waals surface area contributed by atoms with E-state index in [0.29, 0.717) is 47.5 Å². The number of nitrogens with zero attached hydrogens (tertiary/aromatic N) is 2. The number of hydrogen-bond donors (Lipinski definition) is 1. The van der Waals surface area contributed by atoms with Crippen LogP contribution < -0.4 is 10.3 Å². The molecule has 1 aromatic heterocycles. The molecule has 188 valence electrons. The molecule has 3 aromatic carbocycles. The Kier molecular flexibility index (Phi) is 7.10. The fraction of sp³-hybridized carbons (Fsp3) is 0.233. The summed E-state index contributed by atoms with van der Waals surface area (Å²) in [6, 6.07) is 22.8. The van der Waals surface area contributed by atoms with Gasteiger partial charge in [0, 0.05) is 28.8 Å². The van der Waals surface area contributed by atoms with Gasteiger partial charge in [0.2, 0.25) is 5.91 Å². The van der Waals surface area contributed by atoms with Crippen molar-refractivity contribution in [3.63, 3.8) is 0 Å². The number of ether oxygens (including phenoxy) is 1. The van der Waals surface area contributed by atoms with E-state index < -0.39 is 0 Å². The molecular formula is C30H28ClN3O3. The SMILES string of the molecule is CCCC(=O)N1N=C(c2c(Cc3ccccc3)c3cc(Cl)ccc3[nH]c2=O)CC1c1ccc(OC)cc1. The van der Waals surface area contributed by atoms with E-state index in [-0.39, 0.29) is 17.5 Å². The maximum absolute atomic E-state index is 13.6. The van der Waals surface area contributed by atoms with E-state index in [4.69, 9.17) is 21.4 Å². The molecule has 2 heterocycles. The third kappa shape index (κ3) is 5.02. The Labute approximate surface area is 220 Å². The number of carbonyl (C=O) groups excluding carboxylic acids is 1. The third-order valence-electron chi connectivity index (χ3n) is 6.73. The van der Waals surface area contributed by atoms with Crippen LogP contribution in [-0.2, 0) is 11.2 Å².